The van der Waals surface area contributed by atoms with Gasteiger partial charge in [0.15, 0.2) is 0 Å². The molecule has 2 heterocycles. The summed E-state index contributed by atoms with van der Waals surface area (Å²) in [6.45, 7) is 0.434. The molecule has 8 nitrogen and oxygen atoms in total. The topological polar surface area (TPSA) is 116 Å². The van der Waals surface area contributed by atoms with Crippen molar-refractivity contribution in [2.24, 2.45) is 0 Å². The van der Waals surface area contributed by atoms with E-state index in [9.17, 15) is 19.5 Å². The Morgan fingerprint density at radius 2 is 1.83 bits per heavy atom. The first kappa shape index (κ1) is 16.9. The fraction of sp³-hybridized carbons (Fsp3) is 0.400. The van der Waals surface area contributed by atoms with E-state index in [1.54, 1.807) is 30.3 Å². The van der Waals surface area contributed by atoms with E-state index in [0.29, 0.717) is 12.3 Å². The number of aliphatic hydroxyl groups is 2. The molecule has 2 fully saturated rings. The van der Waals surface area contributed by atoms with Gasteiger partial charge in [-0.2, -0.15) is 0 Å². The van der Waals surface area contributed by atoms with E-state index < -0.39 is 24.2 Å². The Morgan fingerprint density at radius 3 is 2.26 bits per heavy atom. The van der Waals surface area contributed by atoms with Crippen LogP contribution in [0.4, 0.5) is 4.79 Å². The Kier molecular flexibility index (Phi) is 5.67. The monoisotopic (exact) mass is 322 g/mol. The third-order valence-electron chi connectivity index (χ3n) is 3.23. The number of benzene rings is 1. The molecule has 0 spiro atoms. The predicted octanol–water partition coefficient (Wildman–Crippen LogP) is -0.354. The lowest BCUT2D eigenvalue weighted by molar-refractivity contribution is -0.126. The Hall–Kier alpha value is -2.45. The van der Waals surface area contributed by atoms with E-state index in [4.69, 9.17) is 9.84 Å². The molecule has 0 aliphatic carbocycles. The molecule has 0 aromatic heterocycles. The maximum absolute atomic E-state index is 11.5. The number of ether oxygens (including phenoxy) is 1. The van der Waals surface area contributed by atoms with Crippen molar-refractivity contribution in [3.63, 3.8) is 0 Å². The van der Waals surface area contributed by atoms with Crippen LogP contribution in [0.15, 0.2) is 30.3 Å². The van der Waals surface area contributed by atoms with Gasteiger partial charge in [-0.05, 0) is 12.1 Å². The average molecular weight is 322 g/mol. The quantitative estimate of drug-likeness (QED) is 0.650. The molecule has 1 aromatic rings. The Bertz CT molecular complexity index is 577. The number of likely N-dealkylation sites (tertiary alicyclic amines) is 1. The first-order chi connectivity index (χ1) is 11.0. The van der Waals surface area contributed by atoms with E-state index in [1.165, 1.54) is 0 Å². The number of nitrogens with one attached hydrogen (secondary N) is 1. The Labute approximate surface area is 132 Å². The van der Waals surface area contributed by atoms with Crippen molar-refractivity contribution in [2.45, 2.75) is 25.0 Å². The number of aliphatic hydroxyl groups excluding tert-OH is 2. The van der Waals surface area contributed by atoms with Crippen LogP contribution in [0.2, 0.25) is 0 Å². The molecule has 2 saturated heterocycles. The van der Waals surface area contributed by atoms with E-state index in [2.05, 4.69) is 5.32 Å². The number of rotatable bonds is 1. The smallest absolute Gasteiger partial charge is 0.410 e. The van der Waals surface area contributed by atoms with Crippen molar-refractivity contribution in [1.29, 1.82) is 0 Å². The number of carbonyl (C=O) groups excluding carboxylic acids is 3. The highest BCUT2D eigenvalue weighted by Crippen LogP contribution is 2.15. The zero-order valence-electron chi connectivity index (χ0n) is 12.3. The number of carbonyl (C=O) groups is 3. The van der Waals surface area contributed by atoms with Crippen LogP contribution < -0.4 is 10.1 Å². The maximum Gasteiger partial charge on any atom is 0.422 e. The predicted molar refractivity (Wildman–Crippen MR) is 78.4 cm³/mol. The van der Waals surface area contributed by atoms with Gasteiger partial charge in [0.05, 0.1) is 31.6 Å². The van der Waals surface area contributed by atoms with Gasteiger partial charge < -0.3 is 20.3 Å². The zero-order valence-corrected chi connectivity index (χ0v) is 12.3. The lowest BCUT2D eigenvalue weighted by atomic mass is 10.3. The minimum atomic E-state index is -0.782. The number of imide groups is 1. The van der Waals surface area contributed by atoms with Crippen LogP contribution in [0.5, 0.6) is 5.75 Å². The third kappa shape index (κ3) is 5.04. The van der Waals surface area contributed by atoms with E-state index in [0.717, 1.165) is 4.90 Å². The highest BCUT2D eigenvalue weighted by Gasteiger charge is 2.33. The molecule has 0 radical (unpaired) electrons. The molecule has 2 aliphatic rings. The highest BCUT2D eigenvalue weighted by atomic mass is 16.6. The molecule has 2 unspecified atom stereocenters. The van der Waals surface area contributed by atoms with E-state index >= 15 is 0 Å². The molecule has 3 N–H and O–H groups in total. The summed E-state index contributed by atoms with van der Waals surface area (Å²) in [5, 5.41) is 20.3. The highest BCUT2D eigenvalue weighted by molar-refractivity contribution is 5.94. The first-order valence-corrected chi connectivity index (χ1v) is 7.15. The normalized spacial score (nSPS) is 23.1. The zero-order chi connectivity index (χ0) is 16.8. The van der Waals surface area contributed by atoms with Crippen LogP contribution in [0.25, 0.3) is 0 Å². The first-order valence-electron chi connectivity index (χ1n) is 7.15. The summed E-state index contributed by atoms with van der Waals surface area (Å²) in [5.74, 6) is -0.0809. The average Bonchev–Trinajstić information content (AvgIpc) is 3.05. The van der Waals surface area contributed by atoms with Gasteiger partial charge in [0.1, 0.15) is 5.75 Å². The molecule has 0 bridgehead atoms. The molecule has 124 valence electrons. The summed E-state index contributed by atoms with van der Waals surface area (Å²) in [5.41, 5.74) is 0. The van der Waals surface area contributed by atoms with Crippen LogP contribution in [-0.2, 0) is 9.59 Å². The largest absolute Gasteiger partial charge is 0.422 e. The molecule has 2 aliphatic heterocycles. The Morgan fingerprint density at radius 1 is 1.13 bits per heavy atom. The van der Waals surface area contributed by atoms with Crippen LogP contribution in [-0.4, -0.2) is 58.3 Å². The summed E-state index contributed by atoms with van der Waals surface area (Å²) in [7, 11) is 0. The van der Waals surface area contributed by atoms with Gasteiger partial charge in [0.2, 0.25) is 11.8 Å². The second-order valence-corrected chi connectivity index (χ2v) is 5.21. The summed E-state index contributed by atoms with van der Waals surface area (Å²) in [4.78, 5) is 33.9. The molecule has 3 amide bonds. The maximum atomic E-state index is 11.5. The lowest BCUT2D eigenvalue weighted by Crippen LogP contribution is -2.35. The van der Waals surface area contributed by atoms with Crippen LogP contribution in [0.3, 0.4) is 0 Å². The van der Waals surface area contributed by atoms with Gasteiger partial charge in [-0.15, -0.1) is 0 Å². The SMILES string of the molecule is O=C1CC(O)CN1.O=C1CC(O)CN1C(=O)Oc1ccccc1. The van der Waals surface area contributed by atoms with Gasteiger partial charge in [-0.3, -0.25) is 9.59 Å². The van der Waals surface area contributed by atoms with Crippen molar-refractivity contribution >= 4 is 17.9 Å². The van der Waals surface area contributed by atoms with Crippen molar-refractivity contribution in [2.75, 3.05) is 13.1 Å². The molecule has 2 atom stereocenters. The fourth-order valence-corrected chi connectivity index (χ4v) is 2.10. The van der Waals surface area contributed by atoms with Crippen molar-refractivity contribution in [3.8, 4) is 5.75 Å². The minimum Gasteiger partial charge on any atom is -0.410 e. The molecular formula is C15H18N2O6. The van der Waals surface area contributed by atoms with Crippen LogP contribution >= 0.6 is 0 Å². The standard InChI is InChI=1S/C11H11NO4.C4H7NO2/c13-8-6-10(14)12(7-8)11(15)16-9-4-2-1-3-5-9;6-3-1-4(7)5-2-3/h1-5,8,13H,6-7H2;3,6H,1-2H2,(H,5,7). The molecule has 0 saturated carbocycles. The van der Waals surface area contributed by atoms with Crippen molar-refractivity contribution in [3.05, 3.63) is 30.3 Å². The fourth-order valence-electron chi connectivity index (χ4n) is 2.10. The molecule has 8 heteroatoms. The number of β-amino-alcohol motifs (C(OH)–C–C–N with tert-alkyl or cyclic N) is 2. The number of nitrogens with zero attached hydrogens (tertiary/aromatic N) is 1. The summed E-state index contributed by atoms with van der Waals surface area (Å²) < 4.78 is 4.97. The van der Waals surface area contributed by atoms with Crippen molar-refractivity contribution in [1.82, 2.24) is 10.2 Å². The van der Waals surface area contributed by atoms with E-state index in [-0.39, 0.29) is 25.3 Å². The molecule has 3 rings (SSSR count). The van der Waals surface area contributed by atoms with Gasteiger partial charge >= 0.3 is 6.09 Å². The van der Waals surface area contributed by atoms with Gasteiger partial charge in [-0.25, -0.2) is 9.69 Å². The number of hydrogen-bond donors (Lipinski definition) is 3. The van der Waals surface area contributed by atoms with E-state index in [1.807, 2.05) is 0 Å². The van der Waals surface area contributed by atoms with Gasteiger partial charge in [0, 0.05) is 6.54 Å². The second-order valence-electron chi connectivity index (χ2n) is 5.21. The summed E-state index contributed by atoms with van der Waals surface area (Å²) in [6.07, 6.45) is -1.71. The summed E-state index contributed by atoms with van der Waals surface area (Å²) >= 11 is 0. The van der Waals surface area contributed by atoms with Gasteiger partial charge in [-0.1, -0.05) is 18.2 Å². The van der Waals surface area contributed by atoms with Crippen LogP contribution in [0.1, 0.15) is 12.8 Å². The summed E-state index contributed by atoms with van der Waals surface area (Å²) in [6, 6.07) is 8.48. The molecule has 23 heavy (non-hydrogen) atoms. The molecule has 1 aromatic carbocycles. The second kappa shape index (κ2) is 7.70. The third-order valence-corrected chi connectivity index (χ3v) is 3.23. The number of para-hydroxylation sites is 1. The van der Waals surface area contributed by atoms with Gasteiger partial charge in [0.25, 0.3) is 0 Å². The minimum absolute atomic E-state index is 0.00446. The van der Waals surface area contributed by atoms with Crippen LogP contribution in [0, 0.1) is 0 Å². The van der Waals surface area contributed by atoms with Crippen molar-refractivity contribution < 1.29 is 29.3 Å². The number of hydrogen-bond acceptors (Lipinski definition) is 6. The number of amides is 3. The Balaban J connectivity index is 0.000000229. The molecular weight excluding hydrogens is 304 g/mol. The lowest BCUT2D eigenvalue weighted by Gasteiger charge is -2.13.